The van der Waals surface area contributed by atoms with Gasteiger partial charge in [-0.3, -0.25) is 9.59 Å². The van der Waals surface area contributed by atoms with Crippen molar-refractivity contribution in [3.8, 4) is 0 Å². The van der Waals surface area contributed by atoms with Crippen LogP contribution in [0, 0.1) is 11.8 Å². The zero-order chi connectivity index (χ0) is 20.9. The van der Waals surface area contributed by atoms with Crippen molar-refractivity contribution < 1.29 is 14.4 Å². The van der Waals surface area contributed by atoms with Gasteiger partial charge in [0.15, 0.2) is 0 Å². The molecule has 2 aliphatic rings. The average Bonchev–Trinajstić information content (AvgIpc) is 3.61. The maximum atomic E-state index is 12.6. The first kappa shape index (κ1) is 19.9. The molecule has 0 atom stereocenters. The van der Waals surface area contributed by atoms with Crippen molar-refractivity contribution in [2.75, 3.05) is 29.0 Å². The maximum absolute atomic E-state index is 12.6. The Morgan fingerprint density at radius 2 is 1.10 bits per heavy atom. The molecular formula is C23H26N4O3. The van der Waals surface area contributed by atoms with Crippen molar-refractivity contribution in [1.29, 1.82) is 0 Å². The van der Waals surface area contributed by atoms with Crippen LogP contribution in [0.4, 0.5) is 21.9 Å². The van der Waals surface area contributed by atoms with Crippen LogP contribution in [-0.2, 0) is 9.59 Å². The van der Waals surface area contributed by atoms with Gasteiger partial charge in [-0.15, -0.1) is 0 Å². The molecule has 2 fully saturated rings. The molecule has 2 aromatic rings. The third-order valence-electron chi connectivity index (χ3n) is 5.55. The lowest BCUT2D eigenvalue weighted by molar-refractivity contribution is -0.121. The number of hydrogen-bond acceptors (Lipinski definition) is 3. The summed E-state index contributed by atoms with van der Waals surface area (Å²) in [4.78, 5) is 38.5. The van der Waals surface area contributed by atoms with Crippen molar-refractivity contribution in [2.45, 2.75) is 25.7 Å². The summed E-state index contributed by atoms with van der Waals surface area (Å²) < 4.78 is 0. The van der Waals surface area contributed by atoms with Crippen molar-refractivity contribution in [2.24, 2.45) is 11.8 Å². The van der Waals surface area contributed by atoms with Gasteiger partial charge >= 0.3 is 6.03 Å². The molecule has 7 nitrogen and oxygen atoms in total. The number of carbonyl (C=O) groups excluding carboxylic acids is 3. The van der Waals surface area contributed by atoms with E-state index in [4.69, 9.17) is 0 Å². The fourth-order valence-corrected chi connectivity index (χ4v) is 3.54. The third-order valence-corrected chi connectivity index (χ3v) is 5.55. The number of benzene rings is 2. The number of amides is 4. The van der Waals surface area contributed by atoms with Gasteiger partial charge < -0.3 is 20.9 Å². The van der Waals surface area contributed by atoms with E-state index in [2.05, 4.69) is 16.0 Å². The van der Waals surface area contributed by atoms with E-state index in [1.165, 1.54) is 0 Å². The molecule has 0 radical (unpaired) electrons. The lowest BCUT2D eigenvalue weighted by Crippen LogP contribution is -2.43. The first-order chi connectivity index (χ1) is 14.6. The van der Waals surface area contributed by atoms with Crippen LogP contribution >= 0.6 is 0 Å². The van der Waals surface area contributed by atoms with Gasteiger partial charge in [0.1, 0.15) is 0 Å². The van der Waals surface area contributed by atoms with Gasteiger partial charge in [0, 0.05) is 42.0 Å². The second-order valence-corrected chi connectivity index (χ2v) is 7.89. The molecule has 7 heteroatoms. The summed E-state index contributed by atoms with van der Waals surface area (Å²) >= 11 is 0. The minimum absolute atomic E-state index is 0.0344. The standard InChI is InChI=1S/C23H26N4O3/c28-21(16-6-7-16)24-19-8-10-20(11-9-19)25-22(29)17-12-14-27(15-13-17)23(30)26-18-4-2-1-3-5-18/h1-5,8-11,16-17H,6-7,12-15H2,(H,24,28)(H,25,29)(H,26,30). The third kappa shape index (κ3) is 5.17. The number of anilines is 3. The molecule has 4 rings (SSSR count). The van der Waals surface area contributed by atoms with Gasteiger partial charge in [0.2, 0.25) is 11.8 Å². The van der Waals surface area contributed by atoms with Gasteiger partial charge in [0.25, 0.3) is 0 Å². The minimum atomic E-state index is -0.135. The summed E-state index contributed by atoms with van der Waals surface area (Å²) in [5.74, 6) is 0.0628. The van der Waals surface area contributed by atoms with Crippen LogP contribution in [-0.4, -0.2) is 35.8 Å². The molecule has 0 aromatic heterocycles. The van der Waals surface area contributed by atoms with E-state index in [1.54, 1.807) is 29.2 Å². The van der Waals surface area contributed by atoms with Crippen molar-refractivity contribution >= 4 is 34.9 Å². The van der Waals surface area contributed by atoms with E-state index >= 15 is 0 Å². The number of nitrogens with one attached hydrogen (secondary N) is 3. The predicted octanol–water partition coefficient (Wildman–Crippen LogP) is 3.92. The summed E-state index contributed by atoms with van der Waals surface area (Å²) in [7, 11) is 0. The Bertz CT molecular complexity index is 902. The number of rotatable bonds is 5. The smallest absolute Gasteiger partial charge is 0.321 e. The Morgan fingerprint density at radius 1 is 0.633 bits per heavy atom. The Balaban J connectivity index is 1.23. The quantitative estimate of drug-likeness (QED) is 0.703. The Kier molecular flexibility index (Phi) is 5.97. The summed E-state index contributed by atoms with van der Waals surface area (Å²) in [6.07, 6.45) is 3.19. The molecule has 1 aliphatic heterocycles. The lowest BCUT2D eigenvalue weighted by Gasteiger charge is -2.31. The van der Waals surface area contributed by atoms with E-state index in [1.807, 2.05) is 30.3 Å². The average molecular weight is 406 g/mol. The fourth-order valence-electron chi connectivity index (χ4n) is 3.54. The summed E-state index contributed by atoms with van der Waals surface area (Å²) in [5, 5.41) is 8.71. The number of urea groups is 1. The number of likely N-dealkylation sites (tertiary alicyclic amines) is 1. The zero-order valence-electron chi connectivity index (χ0n) is 16.8. The number of carbonyl (C=O) groups is 3. The SMILES string of the molecule is O=C(Nc1ccc(NC(=O)C2CCN(C(=O)Nc3ccccc3)CC2)cc1)C1CC1. The molecule has 4 amide bonds. The molecule has 0 bridgehead atoms. The molecule has 2 aromatic carbocycles. The Labute approximate surface area is 175 Å². The largest absolute Gasteiger partial charge is 0.326 e. The van der Waals surface area contributed by atoms with Gasteiger partial charge in [-0.1, -0.05) is 18.2 Å². The summed E-state index contributed by atoms with van der Waals surface area (Å²) in [5.41, 5.74) is 2.20. The van der Waals surface area contributed by atoms with Crippen LogP contribution in [0.5, 0.6) is 0 Å². The number of nitrogens with zero attached hydrogens (tertiary/aromatic N) is 1. The highest BCUT2D eigenvalue weighted by Gasteiger charge is 2.30. The number of para-hydroxylation sites is 1. The molecule has 156 valence electrons. The van der Waals surface area contributed by atoms with Crippen LogP contribution in [0.1, 0.15) is 25.7 Å². The van der Waals surface area contributed by atoms with Crippen LogP contribution in [0.2, 0.25) is 0 Å². The molecule has 30 heavy (non-hydrogen) atoms. The number of piperidine rings is 1. The monoisotopic (exact) mass is 406 g/mol. The number of hydrogen-bond donors (Lipinski definition) is 3. The highest BCUT2D eigenvalue weighted by molar-refractivity contribution is 5.95. The first-order valence-corrected chi connectivity index (χ1v) is 10.4. The first-order valence-electron chi connectivity index (χ1n) is 10.4. The zero-order valence-corrected chi connectivity index (χ0v) is 16.8. The Morgan fingerprint density at radius 3 is 1.60 bits per heavy atom. The van der Waals surface area contributed by atoms with E-state index in [9.17, 15) is 14.4 Å². The molecule has 1 heterocycles. The fraction of sp³-hybridized carbons (Fsp3) is 0.348. The molecule has 1 aliphatic carbocycles. The van der Waals surface area contributed by atoms with Crippen LogP contribution in [0.15, 0.2) is 54.6 Å². The van der Waals surface area contributed by atoms with Crippen LogP contribution in [0.3, 0.4) is 0 Å². The minimum Gasteiger partial charge on any atom is -0.326 e. The second kappa shape index (κ2) is 8.98. The molecule has 3 N–H and O–H groups in total. The van der Waals surface area contributed by atoms with Crippen LogP contribution in [0.25, 0.3) is 0 Å². The molecule has 0 spiro atoms. The molecule has 0 unspecified atom stereocenters. The van der Waals surface area contributed by atoms with Gasteiger partial charge in [0.05, 0.1) is 0 Å². The highest BCUT2D eigenvalue weighted by Crippen LogP contribution is 2.30. The highest BCUT2D eigenvalue weighted by atomic mass is 16.2. The van der Waals surface area contributed by atoms with Gasteiger partial charge in [-0.05, 0) is 62.1 Å². The van der Waals surface area contributed by atoms with Crippen LogP contribution < -0.4 is 16.0 Å². The summed E-state index contributed by atoms with van der Waals surface area (Å²) in [6, 6.07) is 16.4. The Hall–Kier alpha value is -3.35. The van der Waals surface area contributed by atoms with Crippen molar-refractivity contribution in [3.63, 3.8) is 0 Å². The van der Waals surface area contributed by atoms with Gasteiger partial charge in [-0.2, -0.15) is 0 Å². The molecular weight excluding hydrogens is 380 g/mol. The van der Waals surface area contributed by atoms with Gasteiger partial charge in [-0.25, -0.2) is 4.79 Å². The topological polar surface area (TPSA) is 90.5 Å². The lowest BCUT2D eigenvalue weighted by atomic mass is 9.96. The summed E-state index contributed by atoms with van der Waals surface area (Å²) in [6.45, 7) is 1.09. The molecule has 1 saturated heterocycles. The van der Waals surface area contributed by atoms with Crippen molar-refractivity contribution in [3.05, 3.63) is 54.6 Å². The molecule has 1 saturated carbocycles. The van der Waals surface area contributed by atoms with E-state index in [0.717, 1.165) is 24.2 Å². The second-order valence-electron chi connectivity index (χ2n) is 7.89. The van der Waals surface area contributed by atoms with E-state index in [-0.39, 0.29) is 29.7 Å². The van der Waals surface area contributed by atoms with E-state index in [0.29, 0.717) is 31.6 Å². The predicted molar refractivity (Wildman–Crippen MR) is 116 cm³/mol. The normalized spacial score (nSPS) is 16.6. The van der Waals surface area contributed by atoms with Crippen molar-refractivity contribution in [1.82, 2.24) is 4.90 Å². The van der Waals surface area contributed by atoms with E-state index < -0.39 is 0 Å². The maximum Gasteiger partial charge on any atom is 0.321 e.